The molecule has 0 spiro atoms. The Morgan fingerprint density at radius 3 is 2.55 bits per heavy atom. The van der Waals surface area contributed by atoms with Crippen LogP contribution in [0.2, 0.25) is 0 Å². The van der Waals surface area contributed by atoms with Crippen LogP contribution in [0.25, 0.3) is 0 Å². The summed E-state index contributed by atoms with van der Waals surface area (Å²) in [5, 5.41) is 22.8. The van der Waals surface area contributed by atoms with Gasteiger partial charge in [-0.3, -0.25) is 20.2 Å². The van der Waals surface area contributed by atoms with E-state index in [1.165, 1.54) is 24.3 Å². The van der Waals surface area contributed by atoms with Gasteiger partial charge in [-0.05, 0) is 31.9 Å². The number of aliphatic carboxylic acids is 1. The van der Waals surface area contributed by atoms with E-state index >= 15 is 0 Å². The lowest BCUT2D eigenvalue weighted by atomic mass is 10.0. The highest BCUT2D eigenvalue weighted by Gasteiger charge is 2.39. The van der Waals surface area contributed by atoms with Crippen molar-refractivity contribution in [2.24, 2.45) is 0 Å². The molecule has 1 aliphatic rings. The first-order chi connectivity index (χ1) is 9.40. The largest absolute Gasteiger partial charge is 0.491 e. The summed E-state index contributed by atoms with van der Waals surface area (Å²) in [5.74, 6) is -0.577. The van der Waals surface area contributed by atoms with Gasteiger partial charge in [-0.25, -0.2) is 0 Å². The quantitative estimate of drug-likeness (QED) is 0.580. The second-order valence-electron chi connectivity index (χ2n) is 5.10. The van der Waals surface area contributed by atoms with Gasteiger partial charge in [-0.1, -0.05) is 0 Å². The molecule has 1 aromatic carbocycles. The van der Waals surface area contributed by atoms with E-state index in [2.05, 4.69) is 5.32 Å². The van der Waals surface area contributed by atoms with Crippen molar-refractivity contribution in [1.29, 1.82) is 0 Å². The van der Waals surface area contributed by atoms with Crippen molar-refractivity contribution in [3.8, 4) is 5.75 Å². The van der Waals surface area contributed by atoms with Gasteiger partial charge >= 0.3 is 5.97 Å². The third kappa shape index (κ3) is 3.45. The van der Waals surface area contributed by atoms with Gasteiger partial charge in [0.1, 0.15) is 17.9 Å². The molecule has 1 saturated carbocycles. The maximum absolute atomic E-state index is 11.3. The van der Waals surface area contributed by atoms with Crippen LogP contribution in [0, 0.1) is 10.1 Å². The number of nitro benzene ring substituents is 1. The molecule has 1 unspecified atom stereocenters. The number of carbonyl (C=O) groups is 1. The number of benzene rings is 1. The van der Waals surface area contributed by atoms with Crippen molar-refractivity contribution >= 4 is 11.7 Å². The average Bonchev–Trinajstić information content (AvgIpc) is 3.20. The van der Waals surface area contributed by atoms with Crippen molar-refractivity contribution in [2.45, 2.75) is 31.3 Å². The van der Waals surface area contributed by atoms with Crippen molar-refractivity contribution in [3.63, 3.8) is 0 Å². The van der Waals surface area contributed by atoms with Gasteiger partial charge in [-0.15, -0.1) is 0 Å². The summed E-state index contributed by atoms with van der Waals surface area (Å²) in [4.78, 5) is 21.3. The summed E-state index contributed by atoms with van der Waals surface area (Å²) in [7, 11) is 0. The van der Waals surface area contributed by atoms with Gasteiger partial charge in [0.05, 0.1) is 4.92 Å². The molecule has 7 nitrogen and oxygen atoms in total. The SMILES string of the molecule is CC(COc1ccc([N+](=O)[O-])cc1)(NC1CC1)C(=O)O. The molecule has 0 aromatic heterocycles. The van der Waals surface area contributed by atoms with Gasteiger partial charge < -0.3 is 9.84 Å². The Labute approximate surface area is 115 Å². The third-order valence-electron chi connectivity index (χ3n) is 3.15. The summed E-state index contributed by atoms with van der Waals surface area (Å²) < 4.78 is 5.43. The van der Waals surface area contributed by atoms with Crippen LogP contribution in [0.4, 0.5) is 5.69 Å². The van der Waals surface area contributed by atoms with E-state index in [0.717, 1.165) is 12.8 Å². The molecule has 0 saturated heterocycles. The first kappa shape index (κ1) is 14.3. The van der Waals surface area contributed by atoms with Crippen LogP contribution in [-0.2, 0) is 4.79 Å². The number of carboxylic acids is 1. The molecule has 0 heterocycles. The Morgan fingerprint density at radius 1 is 1.50 bits per heavy atom. The van der Waals surface area contributed by atoms with Crippen molar-refractivity contribution < 1.29 is 19.6 Å². The topological polar surface area (TPSA) is 102 Å². The average molecular weight is 280 g/mol. The fraction of sp³-hybridized carbons (Fsp3) is 0.462. The number of nitrogens with one attached hydrogen (secondary N) is 1. The Morgan fingerprint density at radius 2 is 2.10 bits per heavy atom. The Kier molecular flexibility index (Phi) is 3.89. The normalized spacial score (nSPS) is 17.2. The zero-order chi connectivity index (χ0) is 14.8. The molecule has 1 fully saturated rings. The molecule has 0 radical (unpaired) electrons. The third-order valence-corrected chi connectivity index (χ3v) is 3.15. The zero-order valence-electron chi connectivity index (χ0n) is 11.0. The molecule has 1 aliphatic carbocycles. The van der Waals surface area contributed by atoms with Crippen molar-refractivity contribution in [3.05, 3.63) is 34.4 Å². The smallest absolute Gasteiger partial charge is 0.327 e. The molecule has 108 valence electrons. The molecule has 2 rings (SSSR count). The number of carboxylic acid groups (broad SMARTS) is 1. The van der Waals surface area contributed by atoms with Gasteiger partial charge in [-0.2, -0.15) is 0 Å². The second kappa shape index (κ2) is 5.46. The molecule has 0 bridgehead atoms. The fourth-order valence-electron chi connectivity index (χ4n) is 1.74. The van der Waals surface area contributed by atoms with E-state index in [1.807, 2.05) is 0 Å². The van der Waals surface area contributed by atoms with Crippen LogP contribution in [0.3, 0.4) is 0 Å². The number of non-ortho nitro benzene ring substituents is 1. The molecule has 1 atom stereocenters. The van der Waals surface area contributed by atoms with Crippen molar-refractivity contribution in [2.75, 3.05) is 6.61 Å². The zero-order valence-corrected chi connectivity index (χ0v) is 11.0. The number of hydrogen-bond donors (Lipinski definition) is 2. The maximum Gasteiger partial charge on any atom is 0.327 e. The fourth-order valence-corrected chi connectivity index (χ4v) is 1.74. The van der Waals surface area contributed by atoms with Gasteiger partial charge in [0.15, 0.2) is 0 Å². The molecule has 20 heavy (non-hydrogen) atoms. The summed E-state index contributed by atoms with van der Waals surface area (Å²) in [5.41, 5.74) is -1.20. The van der Waals surface area contributed by atoms with E-state index in [0.29, 0.717) is 5.75 Å². The Balaban J connectivity index is 1.97. The lowest BCUT2D eigenvalue weighted by Crippen LogP contribution is -2.54. The number of ether oxygens (including phenoxy) is 1. The summed E-state index contributed by atoms with van der Waals surface area (Å²) >= 11 is 0. The highest BCUT2D eigenvalue weighted by molar-refractivity contribution is 5.78. The minimum Gasteiger partial charge on any atom is -0.491 e. The van der Waals surface area contributed by atoms with Crippen LogP contribution in [0.15, 0.2) is 24.3 Å². The van der Waals surface area contributed by atoms with Gasteiger partial charge in [0, 0.05) is 18.2 Å². The monoisotopic (exact) mass is 280 g/mol. The first-order valence-electron chi connectivity index (χ1n) is 6.29. The molecular weight excluding hydrogens is 264 g/mol. The molecule has 1 aromatic rings. The molecule has 0 aliphatic heterocycles. The number of rotatable bonds is 7. The van der Waals surface area contributed by atoms with E-state index in [1.54, 1.807) is 6.92 Å². The van der Waals surface area contributed by atoms with Gasteiger partial charge in [0.25, 0.3) is 5.69 Å². The maximum atomic E-state index is 11.3. The van der Waals surface area contributed by atoms with Crippen LogP contribution in [0.1, 0.15) is 19.8 Å². The van der Waals surface area contributed by atoms with Gasteiger partial charge in [0.2, 0.25) is 0 Å². The molecule has 2 N–H and O–H groups in total. The second-order valence-corrected chi connectivity index (χ2v) is 5.10. The standard InChI is InChI=1S/C13H16N2O5/c1-13(12(16)17,14-9-2-3-9)8-20-11-6-4-10(5-7-11)15(18)19/h4-7,9,14H,2-3,8H2,1H3,(H,16,17). The number of nitrogens with zero attached hydrogens (tertiary/aromatic N) is 1. The first-order valence-corrected chi connectivity index (χ1v) is 6.29. The van der Waals surface area contributed by atoms with E-state index in [4.69, 9.17) is 4.74 Å². The Bertz CT molecular complexity index is 512. The molecule has 7 heteroatoms. The number of nitro groups is 1. The predicted molar refractivity (Wildman–Crippen MR) is 70.8 cm³/mol. The summed E-state index contributed by atoms with van der Waals surface area (Å²) in [6.07, 6.45) is 1.95. The van der Waals surface area contributed by atoms with E-state index in [-0.39, 0.29) is 18.3 Å². The number of hydrogen-bond acceptors (Lipinski definition) is 5. The Hall–Kier alpha value is -2.15. The molecule has 0 amide bonds. The van der Waals surface area contributed by atoms with Crippen LogP contribution in [0.5, 0.6) is 5.75 Å². The van der Waals surface area contributed by atoms with Crippen molar-refractivity contribution in [1.82, 2.24) is 5.32 Å². The lowest BCUT2D eigenvalue weighted by Gasteiger charge is -2.26. The highest BCUT2D eigenvalue weighted by Crippen LogP contribution is 2.24. The highest BCUT2D eigenvalue weighted by atomic mass is 16.6. The van der Waals surface area contributed by atoms with E-state index < -0.39 is 16.4 Å². The lowest BCUT2D eigenvalue weighted by molar-refractivity contribution is -0.384. The summed E-state index contributed by atoms with van der Waals surface area (Å²) in [6, 6.07) is 5.79. The minimum atomic E-state index is -1.16. The van der Waals surface area contributed by atoms with Crippen LogP contribution >= 0.6 is 0 Å². The minimum absolute atomic E-state index is 0.0329. The van der Waals surface area contributed by atoms with Crippen LogP contribution < -0.4 is 10.1 Å². The predicted octanol–water partition coefficient (Wildman–Crippen LogP) is 1.57. The summed E-state index contributed by atoms with van der Waals surface area (Å²) in [6.45, 7) is 1.52. The molecular formula is C13H16N2O5. The van der Waals surface area contributed by atoms with Crippen LogP contribution in [-0.4, -0.2) is 34.2 Å². The van der Waals surface area contributed by atoms with E-state index in [9.17, 15) is 20.0 Å².